The van der Waals surface area contributed by atoms with Gasteiger partial charge in [0, 0.05) is 114 Å². The van der Waals surface area contributed by atoms with E-state index in [0.29, 0.717) is 37.7 Å². The number of halogens is 5. The molecule has 59 heavy (non-hydrogen) atoms. The zero-order chi connectivity index (χ0) is 39.8. The van der Waals surface area contributed by atoms with Crippen molar-refractivity contribution in [3.63, 3.8) is 0 Å². The normalized spacial score (nSPS) is 14.4. The Bertz CT molecular complexity index is 1620. The van der Waals surface area contributed by atoms with E-state index in [9.17, 15) is 19.2 Å². The summed E-state index contributed by atoms with van der Waals surface area (Å²) in [6.45, 7) is 2.75. The van der Waals surface area contributed by atoms with Gasteiger partial charge in [-0.15, -0.1) is 11.0 Å². The number of carbonyl (C=O) groups is 5. The van der Waals surface area contributed by atoms with E-state index in [1.54, 1.807) is 36.4 Å². The summed E-state index contributed by atoms with van der Waals surface area (Å²) in [5, 5.41) is 34.3. The van der Waals surface area contributed by atoms with Crippen molar-refractivity contribution >= 4 is 128 Å². The van der Waals surface area contributed by atoms with Gasteiger partial charge in [0.2, 0.25) is 12.3 Å². The summed E-state index contributed by atoms with van der Waals surface area (Å²) in [6, 6.07) is 19.3. The van der Waals surface area contributed by atoms with E-state index in [1.165, 1.54) is 7.05 Å². The molecule has 1 unspecified atom stereocenters. The van der Waals surface area contributed by atoms with Gasteiger partial charge in [0.1, 0.15) is 26.7 Å². The van der Waals surface area contributed by atoms with E-state index in [-0.39, 0.29) is 227 Å². The van der Waals surface area contributed by atoms with Crippen molar-refractivity contribution in [2.24, 2.45) is 5.73 Å². The Morgan fingerprint density at radius 1 is 0.797 bits per heavy atom. The molecule has 2 aromatic rings. The summed E-state index contributed by atoms with van der Waals surface area (Å²) in [5.74, 6) is -1.38. The Morgan fingerprint density at radius 2 is 1.24 bits per heavy atom. The molecule has 26 heteroatoms. The Kier molecular flexibility index (Phi) is 63.0. The van der Waals surface area contributed by atoms with E-state index in [4.69, 9.17) is 29.9 Å². The number of ether oxygens (including phenoxy) is 4. The fraction of sp³-hybridized carbons (Fsp3) is 0.182. The van der Waals surface area contributed by atoms with Crippen LogP contribution in [0.25, 0.3) is 5.57 Å². The van der Waals surface area contributed by atoms with Gasteiger partial charge in [-0.3, -0.25) is 4.79 Å². The molecule has 15 nitrogen and oxygen atoms in total. The molecule has 0 saturated heterocycles. The van der Waals surface area contributed by atoms with Crippen LogP contribution in [0.15, 0.2) is 76.5 Å². The van der Waals surface area contributed by atoms with Crippen LogP contribution in [0.4, 0.5) is 0 Å². The Hall–Kier alpha value is 2.65. The van der Waals surface area contributed by atoms with Gasteiger partial charge < -0.3 is 69.6 Å². The summed E-state index contributed by atoms with van der Waals surface area (Å²) in [4.78, 5) is 53.7. The first-order chi connectivity index (χ1) is 24.7. The molecule has 2 radical (unpaired) electrons. The van der Waals surface area contributed by atoms with Gasteiger partial charge in [-0.2, -0.15) is 54.6 Å². The monoisotopic (exact) mass is 1750 g/mol. The SMILES string of the molecule is CC1=C(Br)C(=O)OC1.CN.O=C1OC(O)C(Br)=C1Br.O=C1OCC(Br)=C1Br.O=C1OC[C-]=C1c1cc[c-]cc1.O=CO[O-].OB(O)c1cc[c-]cc1.[CH3-].[CH3-].[Cs+].[W].[W].[Y].[Y]. The number of aliphatic hydroxyl groups is 1. The fourth-order valence-corrected chi connectivity index (χ4v) is 4.19. The molecule has 4 aliphatic heterocycles. The molecule has 4 aliphatic rings. The minimum atomic E-state index is -1.36. The third-order valence-electron chi connectivity index (χ3n) is 5.29. The van der Waals surface area contributed by atoms with Crippen molar-refractivity contribution in [1.29, 1.82) is 0 Å². The summed E-state index contributed by atoms with van der Waals surface area (Å²) in [5.41, 5.74) is 7.34. The second kappa shape index (κ2) is 47.2. The Balaban J connectivity index is -0.0000000869. The topological polar surface area (TPSA) is 241 Å². The minimum Gasteiger partial charge on any atom is -0.662 e. The Labute approximate surface area is 523 Å². The minimum absolute atomic E-state index is 0. The van der Waals surface area contributed by atoms with Crippen molar-refractivity contribution in [2.75, 3.05) is 26.9 Å². The van der Waals surface area contributed by atoms with Gasteiger partial charge >= 0.3 is 93.9 Å². The maximum absolute atomic E-state index is 11.0. The standard InChI is InChI=1S/C10H6O2.C6H6BO2.C5H5BrO2.C4H2Br2O3.C4H2Br2O2.CH5N.CH2O3.2CH3.Cs.2W.2Y/c11-10-9(6-7-12-10)8-4-2-1-3-5-8;8-7(9)6-4-2-1-3-5-6;1-3-2-8-5(7)4(3)6;5-1-2(6)4(8)9-3(1)7;5-2-1-8-4(7)3(2)6;1-2;2-1-4-3;;;;;;;/h2-5H,7H2;2-5,8-9H;2H2,1H3;3,7H;1H2;2H2,1H3;1,3H;2*1H3;;;;;/q-2;-1;;;;;;2*-1;+1;;;;/p-1. The van der Waals surface area contributed by atoms with Crippen LogP contribution in [0.3, 0.4) is 0 Å². The molecule has 2 aromatic carbocycles. The number of hydrogen-bond donors (Lipinski definition) is 4. The van der Waals surface area contributed by atoms with Crippen molar-refractivity contribution in [3.8, 4) is 0 Å². The predicted molar refractivity (Wildman–Crippen MR) is 213 cm³/mol. The summed E-state index contributed by atoms with van der Waals surface area (Å²) >= 11 is 15.1. The van der Waals surface area contributed by atoms with Crippen molar-refractivity contribution < 1.29 is 245 Å². The number of aliphatic hydroxyl groups excluding tert-OH is 1. The molecule has 0 aliphatic carbocycles. The van der Waals surface area contributed by atoms with Crippen LogP contribution in [-0.2, 0) is 155 Å². The van der Waals surface area contributed by atoms with Crippen LogP contribution < -0.4 is 85.3 Å². The Morgan fingerprint density at radius 3 is 1.44 bits per heavy atom. The zero-order valence-corrected chi connectivity index (χ0v) is 57.5. The van der Waals surface area contributed by atoms with E-state index in [1.807, 2.05) is 19.1 Å². The second-order valence-electron chi connectivity index (χ2n) is 8.70. The van der Waals surface area contributed by atoms with Crippen molar-refractivity contribution in [2.45, 2.75) is 13.2 Å². The van der Waals surface area contributed by atoms with Gasteiger partial charge in [-0.25, -0.2) is 32.1 Å². The molecule has 1 atom stereocenters. The van der Waals surface area contributed by atoms with Gasteiger partial charge in [0.25, 0.3) is 6.47 Å². The molecule has 0 spiro atoms. The van der Waals surface area contributed by atoms with Crippen molar-refractivity contribution in [1.82, 2.24) is 0 Å². The number of nitrogens with two attached hydrogens (primary N) is 1. The van der Waals surface area contributed by atoms with E-state index in [0.717, 1.165) is 15.6 Å². The molecule has 4 heterocycles. The maximum Gasteiger partial charge on any atom is 1.00 e. The van der Waals surface area contributed by atoms with Crippen LogP contribution in [0.5, 0.6) is 0 Å². The molecule has 6 rings (SSSR count). The molecule has 5 N–H and O–H groups in total. The third kappa shape index (κ3) is 32.9. The molecule has 0 aromatic heterocycles. The molecule has 0 saturated carbocycles. The number of hydrogen-bond acceptors (Lipinski definition) is 15. The number of benzene rings is 2. The van der Waals surface area contributed by atoms with Gasteiger partial charge in [0.05, 0.1) is 8.96 Å². The third-order valence-corrected chi connectivity index (χ3v) is 10.3. The first kappa shape index (κ1) is 78.8. The van der Waals surface area contributed by atoms with Crippen LogP contribution in [0, 0.1) is 33.1 Å². The van der Waals surface area contributed by atoms with Gasteiger partial charge in [-0.1, -0.05) is 15.9 Å². The zero-order valence-electron chi connectivity index (χ0n) is 31.7. The smallest absolute Gasteiger partial charge is 0.662 e. The van der Waals surface area contributed by atoms with Gasteiger partial charge in [-0.05, 0) is 83.3 Å². The molecular weight excluding hydrogens is 1720 g/mol. The maximum atomic E-state index is 11.0. The van der Waals surface area contributed by atoms with Crippen LogP contribution in [-0.4, -0.2) is 85.8 Å². The predicted octanol–water partition coefficient (Wildman–Crippen LogP) is -0.0793. The second-order valence-corrected chi connectivity index (χ2v) is 12.9. The van der Waals surface area contributed by atoms with Crippen LogP contribution in [0.1, 0.15) is 12.5 Å². The summed E-state index contributed by atoms with van der Waals surface area (Å²) in [7, 11) is 0.139. The number of carbonyl (C=O) groups excluding carboxylic acids is 5. The summed E-state index contributed by atoms with van der Waals surface area (Å²) in [6.07, 6.45) is 1.72. The number of cyclic esters (lactones) is 4. The van der Waals surface area contributed by atoms with Crippen LogP contribution >= 0.6 is 79.6 Å². The molecule has 0 fully saturated rings. The first-order valence-corrected chi connectivity index (χ1v) is 17.7. The number of rotatable bonds is 3. The fourth-order valence-electron chi connectivity index (χ4n) is 2.92. The van der Waals surface area contributed by atoms with Crippen molar-refractivity contribution in [3.05, 3.63) is 115 Å². The molecular formula is C33H33BBr5CsNO14W2Y2-5. The van der Waals surface area contributed by atoms with E-state index >= 15 is 0 Å². The molecule has 0 amide bonds. The van der Waals surface area contributed by atoms with E-state index < -0.39 is 19.4 Å². The molecule has 0 bridgehead atoms. The van der Waals surface area contributed by atoms with Crippen LogP contribution in [0.2, 0.25) is 0 Å². The first-order valence-electron chi connectivity index (χ1n) is 13.7. The summed E-state index contributed by atoms with van der Waals surface area (Å²) < 4.78 is 20.7. The quantitative estimate of drug-likeness (QED) is 0.0598. The largest absolute Gasteiger partial charge is 1.00 e. The molecule has 316 valence electrons. The average Bonchev–Trinajstić information content (AvgIpc) is 3.88. The average molecular weight is 1760 g/mol. The number of esters is 4. The van der Waals surface area contributed by atoms with E-state index in [2.05, 4.69) is 123 Å². The van der Waals surface area contributed by atoms with Gasteiger partial charge in [0.15, 0.2) is 0 Å².